The fourth-order valence-corrected chi connectivity index (χ4v) is 5.56. The molecule has 4 aromatic rings. The number of rotatable bonds is 7. The van der Waals surface area contributed by atoms with E-state index >= 15 is 0 Å². The van der Waals surface area contributed by atoms with E-state index in [1.54, 1.807) is 12.1 Å². The summed E-state index contributed by atoms with van der Waals surface area (Å²) in [4.78, 5) is 23.8. The minimum absolute atomic E-state index is 0.211. The van der Waals surface area contributed by atoms with Gasteiger partial charge in [0.05, 0.1) is 29.2 Å². The standard InChI is InChI=1S/C29H28B3ClN4O4/c1-15-12-20-22(17-6-8-18(33)9-7-17)21(25(26(38)39)41-28(3,4)5)16(2)23-24(20)36(15)10-11-37(23)27-34-13-19(14-35-27)40-29(30,31)32/h6-9,12-14,25H,10-11H2,1-5H3,(H,38,39)/t25-/m0/s1. The van der Waals surface area contributed by atoms with E-state index in [1.807, 2.05) is 51.7 Å². The monoisotopic (exact) mass is 564 g/mol. The van der Waals surface area contributed by atoms with Crippen LogP contribution in [0.5, 0.6) is 5.75 Å². The molecule has 0 saturated carbocycles. The van der Waals surface area contributed by atoms with E-state index in [0.29, 0.717) is 29.6 Å². The molecule has 2 aromatic heterocycles. The molecule has 0 aliphatic carbocycles. The van der Waals surface area contributed by atoms with Gasteiger partial charge in [-0.25, -0.2) is 14.8 Å². The molecule has 0 spiro atoms. The van der Waals surface area contributed by atoms with Gasteiger partial charge < -0.3 is 24.0 Å². The highest BCUT2D eigenvalue weighted by Gasteiger charge is 2.36. The summed E-state index contributed by atoms with van der Waals surface area (Å²) in [6, 6.07) is 9.50. The highest BCUT2D eigenvalue weighted by atomic mass is 35.5. The lowest BCUT2D eigenvalue weighted by Crippen LogP contribution is -2.37. The molecule has 12 heteroatoms. The third-order valence-corrected chi connectivity index (χ3v) is 7.14. The van der Waals surface area contributed by atoms with Crippen LogP contribution in [-0.4, -0.2) is 66.6 Å². The summed E-state index contributed by atoms with van der Waals surface area (Å²) < 4.78 is 13.7. The van der Waals surface area contributed by atoms with Gasteiger partial charge in [0.1, 0.15) is 23.5 Å². The number of nitrogens with zero attached hydrogens (tertiary/aromatic N) is 4. The molecule has 1 atom stereocenters. The lowest BCUT2D eigenvalue weighted by atomic mass is 9.52. The summed E-state index contributed by atoms with van der Waals surface area (Å²) in [6.07, 6.45) is 1.64. The number of carbonyl (C=O) groups is 1. The van der Waals surface area contributed by atoms with E-state index in [0.717, 1.165) is 39.0 Å². The number of carboxylic acids is 1. The van der Waals surface area contributed by atoms with Crippen molar-refractivity contribution in [3.63, 3.8) is 0 Å². The Balaban J connectivity index is 1.80. The average molecular weight is 564 g/mol. The molecular weight excluding hydrogens is 536 g/mol. The largest absolute Gasteiger partial charge is 0.513 e. The molecule has 1 N–H and O–H groups in total. The first kappa shape index (κ1) is 29.1. The Hall–Kier alpha value is -3.43. The number of benzene rings is 2. The topological polar surface area (TPSA) is 89.7 Å². The predicted octanol–water partition coefficient (Wildman–Crippen LogP) is 4.96. The number of ether oxygens (including phenoxy) is 2. The van der Waals surface area contributed by atoms with Crippen molar-refractivity contribution in [1.82, 2.24) is 14.5 Å². The van der Waals surface area contributed by atoms with Crippen molar-refractivity contribution in [3.05, 3.63) is 64.6 Å². The minimum atomic E-state index is -1.87. The van der Waals surface area contributed by atoms with Crippen LogP contribution in [0.2, 0.25) is 5.02 Å². The van der Waals surface area contributed by atoms with Crippen LogP contribution in [0, 0.1) is 13.8 Å². The highest BCUT2D eigenvalue weighted by Crippen LogP contribution is 2.49. The minimum Gasteiger partial charge on any atom is -0.513 e. The molecule has 1 aliphatic rings. The number of halogens is 1. The Morgan fingerprint density at radius 3 is 2.27 bits per heavy atom. The lowest BCUT2D eigenvalue weighted by Gasteiger charge is -2.35. The molecule has 8 nitrogen and oxygen atoms in total. The van der Waals surface area contributed by atoms with Crippen LogP contribution in [0.25, 0.3) is 22.0 Å². The van der Waals surface area contributed by atoms with Crippen molar-refractivity contribution in [2.75, 3.05) is 11.4 Å². The Morgan fingerprint density at radius 2 is 1.71 bits per heavy atom. The maximum absolute atomic E-state index is 12.9. The van der Waals surface area contributed by atoms with Crippen LogP contribution in [0.15, 0.2) is 42.7 Å². The van der Waals surface area contributed by atoms with E-state index in [1.165, 1.54) is 12.4 Å². The molecule has 204 valence electrons. The SMILES string of the molecule is [B]C([B])([B])Oc1cnc(N2CCn3c(C)cc4c(-c5ccc(Cl)cc5)c([C@H](OC(C)(C)C)C(=O)O)c(C)c2c43)nc1. The van der Waals surface area contributed by atoms with Gasteiger partial charge in [-0.1, -0.05) is 23.7 Å². The van der Waals surface area contributed by atoms with Gasteiger partial charge in [0.2, 0.25) is 5.95 Å². The molecule has 0 amide bonds. The van der Waals surface area contributed by atoms with Gasteiger partial charge >= 0.3 is 5.97 Å². The van der Waals surface area contributed by atoms with Crippen molar-refractivity contribution in [3.8, 4) is 16.9 Å². The normalized spacial score (nSPS) is 14.3. The Kier molecular flexibility index (Phi) is 7.41. The van der Waals surface area contributed by atoms with Crippen LogP contribution in [0.3, 0.4) is 0 Å². The number of carboxylic acid groups (broad SMARTS) is 1. The zero-order valence-electron chi connectivity index (χ0n) is 23.6. The van der Waals surface area contributed by atoms with E-state index in [2.05, 4.69) is 20.6 Å². The quantitative estimate of drug-likeness (QED) is 0.318. The van der Waals surface area contributed by atoms with Crippen LogP contribution in [0.1, 0.15) is 43.7 Å². The second-order valence-electron chi connectivity index (χ2n) is 11.2. The number of anilines is 2. The summed E-state index contributed by atoms with van der Waals surface area (Å²) in [5.41, 5.74) is 4.99. The van der Waals surface area contributed by atoms with Gasteiger partial charge in [0.15, 0.2) is 11.9 Å². The van der Waals surface area contributed by atoms with E-state index in [9.17, 15) is 9.90 Å². The Morgan fingerprint density at radius 1 is 1.07 bits per heavy atom. The van der Waals surface area contributed by atoms with Crippen molar-refractivity contribution in [2.45, 2.75) is 58.2 Å². The summed E-state index contributed by atoms with van der Waals surface area (Å²) in [6.45, 7) is 10.7. The summed E-state index contributed by atoms with van der Waals surface area (Å²) in [7, 11) is 16.7. The van der Waals surface area contributed by atoms with E-state index in [-0.39, 0.29) is 5.75 Å². The summed E-state index contributed by atoms with van der Waals surface area (Å²) in [5.74, 6) is -0.477. The molecule has 1 aliphatic heterocycles. The average Bonchev–Trinajstić information content (AvgIpc) is 3.20. The van der Waals surface area contributed by atoms with Crippen LogP contribution in [-0.2, 0) is 16.1 Å². The van der Waals surface area contributed by atoms with Crippen LogP contribution < -0.4 is 9.64 Å². The first-order valence-electron chi connectivity index (χ1n) is 13.1. The van der Waals surface area contributed by atoms with E-state index in [4.69, 9.17) is 44.6 Å². The van der Waals surface area contributed by atoms with Gasteiger partial charge in [-0.05, 0) is 74.8 Å². The molecule has 0 bridgehead atoms. The number of hydrogen-bond donors (Lipinski definition) is 1. The number of aliphatic carboxylic acids is 1. The second-order valence-corrected chi connectivity index (χ2v) is 11.7. The van der Waals surface area contributed by atoms with Crippen molar-refractivity contribution >= 4 is 63.6 Å². The smallest absolute Gasteiger partial charge is 0.337 e. The molecule has 0 unspecified atom stereocenters. The van der Waals surface area contributed by atoms with Crippen molar-refractivity contribution in [1.29, 1.82) is 0 Å². The van der Waals surface area contributed by atoms with Crippen LogP contribution in [0.4, 0.5) is 11.6 Å². The van der Waals surface area contributed by atoms with Crippen LogP contribution >= 0.6 is 11.6 Å². The maximum Gasteiger partial charge on any atom is 0.337 e. The molecule has 6 radical (unpaired) electrons. The van der Waals surface area contributed by atoms with Gasteiger partial charge in [0, 0.05) is 34.8 Å². The summed E-state index contributed by atoms with van der Waals surface area (Å²) >= 11 is 6.23. The molecule has 3 heterocycles. The first-order chi connectivity index (χ1) is 19.1. The highest BCUT2D eigenvalue weighted by molar-refractivity contribution is 6.58. The fraction of sp³-hybridized carbons (Fsp3) is 0.345. The Labute approximate surface area is 248 Å². The molecule has 41 heavy (non-hydrogen) atoms. The molecule has 0 saturated heterocycles. The predicted molar refractivity (Wildman–Crippen MR) is 163 cm³/mol. The number of aryl methyl sites for hydroxylation is 1. The fourth-order valence-electron chi connectivity index (χ4n) is 5.44. The van der Waals surface area contributed by atoms with E-state index < -0.39 is 23.0 Å². The zero-order valence-corrected chi connectivity index (χ0v) is 24.4. The van der Waals surface area contributed by atoms with Gasteiger partial charge in [-0.2, -0.15) is 0 Å². The second kappa shape index (κ2) is 10.4. The first-order valence-corrected chi connectivity index (χ1v) is 13.5. The van der Waals surface area contributed by atoms with Crippen molar-refractivity contribution in [2.24, 2.45) is 0 Å². The lowest BCUT2D eigenvalue weighted by molar-refractivity contribution is -0.160. The molecule has 5 rings (SSSR count). The molecule has 0 fully saturated rings. The van der Waals surface area contributed by atoms with Gasteiger partial charge in [0.25, 0.3) is 0 Å². The molecule has 2 aromatic carbocycles. The third-order valence-electron chi connectivity index (χ3n) is 6.88. The van der Waals surface area contributed by atoms with Gasteiger partial charge in [-0.15, -0.1) is 0 Å². The zero-order chi connectivity index (χ0) is 29.9. The van der Waals surface area contributed by atoms with Gasteiger partial charge in [-0.3, -0.25) is 0 Å². The maximum atomic E-state index is 12.9. The Bertz CT molecular complexity index is 1630. The number of hydrogen-bond acceptors (Lipinski definition) is 6. The summed E-state index contributed by atoms with van der Waals surface area (Å²) in [5, 5.41) is 10.1. The molecular formula is C29H28B3ClN4O4. The van der Waals surface area contributed by atoms with Crippen molar-refractivity contribution < 1.29 is 19.4 Å². The third kappa shape index (κ3) is 5.70. The number of aromatic nitrogens is 3.